The summed E-state index contributed by atoms with van der Waals surface area (Å²) in [6.07, 6.45) is -5.23. The lowest BCUT2D eigenvalue weighted by molar-refractivity contribution is -0.160. The number of carbonyl (C=O) groups excluding carboxylic acids is 1. The Morgan fingerprint density at radius 2 is 1.74 bits per heavy atom. The first-order chi connectivity index (χ1) is 10.9. The number of para-hydroxylation sites is 1. The van der Waals surface area contributed by atoms with E-state index in [4.69, 9.17) is 4.74 Å². The van der Waals surface area contributed by atoms with Crippen molar-refractivity contribution in [2.75, 3.05) is 7.05 Å². The van der Waals surface area contributed by atoms with Crippen molar-refractivity contribution >= 4 is 5.91 Å². The number of ether oxygens (including phenoxy) is 1. The van der Waals surface area contributed by atoms with E-state index in [0.717, 1.165) is 12.1 Å². The summed E-state index contributed by atoms with van der Waals surface area (Å²) in [5.74, 6) is 0.257. The van der Waals surface area contributed by atoms with Crippen LogP contribution in [0.5, 0.6) is 5.75 Å². The minimum Gasteiger partial charge on any atom is -0.478 e. The summed E-state index contributed by atoms with van der Waals surface area (Å²) in [6.45, 7) is 0. The molecule has 1 saturated heterocycles. The molecule has 2 aromatic rings. The molecular formula is C17H14F3NO2. The average Bonchev–Trinajstić information content (AvgIpc) is 2.54. The van der Waals surface area contributed by atoms with Crippen molar-refractivity contribution in [3.8, 4) is 5.75 Å². The molecule has 1 aliphatic rings. The number of carbonyl (C=O) groups is 1. The highest BCUT2D eigenvalue weighted by molar-refractivity contribution is 5.89. The third-order valence-electron chi connectivity index (χ3n) is 3.86. The number of nitrogens with zero attached hydrogens (tertiary/aromatic N) is 1. The molecule has 0 bridgehead atoms. The van der Waals surface area contributed by atoms with Crippen LogP contribution in [-0.4, -0.2) is 24.0 Å². The maximum atomic E-state index is 12.9. The molecule has 1 fully saturated rings. The zero-order valence-corrected chi connectivity index (χ0v) is 12.2. The lowest BCUT2D eigenvalue weighted by Crippen LogP contribution is -2.59. The zero-order chi connectivity index (χ0) is 16.6. The quantitative estimate of drug-likeness (QED) is 0.807. The lowest BCUT2D eigenvalue weighted by Gasteiger charge is -2.44. The zero-order valence-electron chi connectivity index (χ0n) is 12.2. The van der Waals surface area contributed by atoms with Crippen LogP contribution in [0.25, 0.3) is 0 Å². The summed E-state index contributed by atoms with van der Waals surface area (Å²) in [5.41, 5.74) is -0.330. The van der Waals surface area contributed by atoms with Crippen molar-refractivity contribution in [2.24, 2.45) is 0 Å². The largest absolute Gasteiger partial charge is 0.478 e. The Kier molecular flexibility index (Phi) is 3.75. The highest BCUT2D eigenvalue weighted by atomic mass is 19.4. The fourth-order valence-corrected chi connectivity index (χ4v) is 2.65. The van der Waals surface area contributed by atoms with E-state index in [9.17, 15) is 18.0 Å². The molecule has 0 saturated carbocycles. The first-order valence-electron chi connectivity index (χ1n) is 7.03. The molecule has 23 heavy (non-hydrogen) atoms. The Bertz CT molecular complexity index is 715. The van der Waals surface area contributed by atoms with Gasteiger partial charge in [-0.1, -0.05) is 30.3 Å². The van der Waals surface area contributed by atoms with Crippen LogP contribution in [0.1, 0.15) is 17.2 Å². The number of hydrogen-bond donors (Lipinski definition) is 0. The lowest BCUT2D eigenvalue weighted by atomic mass is 9.90. The van der Waals surface area contributed by atoms with Gasteiger partial charge in [-0.25, -0.2) is 0 Å². The topological polar surface area (TPSA) is 29.5 Å². The van der Waals surface area contributed by atoms with Gasteiger partial charge in [-0.15, -0.1) is 0 Å². The number of rotatable bonds is 3. The van der Waals surface area contributed by atoms with Gasteiger partial charge in [0.1, 0.15) is 11.8 Å². The Hall–Kier alpha value is -2.50. The van der Waals surface area contributed by atoms with Crippen molar-refractivity contribution in [1.29, 1.82) is 0 Å². The minimum absolute atomic E-state index is 0.253. The number of alkyl halides is 3. The second-order valence-electron chi connectivity index (χ2n) is 5.37. The molecule has 0 N–H and O–H groups in total. The van der Waals surface area contributed by atoms with Gasteiger partial charge in [0.25, 0.3) is 5.91 Å². The fourth-order valence-electron chi connectivity index (χ4n) is 2.65. The van der Waals surface area contributed by atoms with Crippen LogP contribution >= 0.6 is 0 Å². The number of halogens is 3. The highest BCUT2D eigenvalue weighted by Gasteiger charge is 2.48. The second kappa shape index (κ2) is 5.61. The van der Waals surface area contributed by atoms with Crippen molar-refractivity contribution in [2.45, 2.75) is 18.3 Å². The van der Waals surface area contributed by atoms with E-state index in [0.29, 0.717) is 11.3 Å². The number of benzene rings is 2. The first-order valence-corrected chi connectivity index (χ1v) is 7.03. The molecule has 0 aliphatic carbocycles. The highest BCUT2D eigenvalue weighted by Crippen LogP contribution is 2.38. The first kappa shape index (κ1) is 15.4. The summed E-state index contributed by atoms with van der Waals surface area (Å²) in [7, 11) is 1.55. The van der Waals surface area contributed by atoms with Crippen LogP contribution in [0.3, 0.4) is 0 Å². The maximum absolute atomic E-state index is 12.9. The Morgan fingerprint density at radius 3 is 2.39 bits per heavy atom. The third kappa shape index (κ3) is 2.88. The molecule has 2 aromatic carbocycles. The van der Waals surface area contributed by atoms with Crippen LogP contribution in [0.2, 0.25) is 0 Å². The molecule has 1 heterocycles. The van der Waals surface area contributed by atoms with Crippen LogP contribution < -0.4 is 4.74 Å². The monoisotopic (exact) mass is 321 g/mol. The van der Waals surface area contributed by atoms with E-state index < -0.39 is 23.9 Å². The molecule has 120 valence electrons. The van der Waals surface area contributed by atoms with Crippen LogP contribution in [0.15, 0.2) is 54.6 Å². The molecule has 0 unspecified atom stereocenters. The van der Waals surface area contributed by atoms with Crippen molar-refractivity contribution in [1.82, 2.24) is 4.90 Å². The molecule has 6 heteroatoms. The standard InChI is InChI=1S/C17H14F3NO2/c1-21-14(11-6-5-7-12(10-11)17(18,19)20)15(16(21)22)23-13-8-3-2-4-9-13/h2-10,14-15H,1H3/t14-,15+/m0/s1. The molecule has 3 nitrogen and oxygen atoms in total. The summed E-state index contributed by atoms with van der Waals surface area (Å²) < 4.78 is 44.2. The van der Waals surface area contributed by atoms with Crippen LogP contribution in [-0.2, 0) is 11.0 Å². The van der Waals surface area contributed by atoms with E-state index in [-0.39, 0.29) is 5.91 Å². The summed E-state index contributed by atoms with van der Waals surface area (Å²) in [5, 5.41) is 0. The Morgan fingerprint density at radius 1 is 1.04 bits per heavy atom. The number of likely N-dealkylation sites (tertiary alicyclic amines) is 1. The average molecular weight is 321 g/mol. The number of hydrogen-bond acceptors (Lipinski definition) is 2. The van der Waals surface area contributed by atoms with Gasteiger partial charge in [-0.3, -0.25) is 4.79 Å². The predicted molar refractivity (Wildman–Crippen MR) is 77.8 cm³/mol. The van der Waals surface area contributed by atoms with Crippen molar-refractivity contribution < 1.29 is 22.7 Å². The summed E-state index contributed by atoms with van der Waals surface area (Å²) >= 11 is 0. The van der Waals surface area contributed by atoms with Gasteiger partial charge in [0.05, 0.1) is 5.56 Å². The fraction of sp³-hybridized carbons (Fsp3) is 0.235. The maximum Gasteiger partial charge on any atom is 0.416 e. The number of amides is 1. The van der Waals surface area contributed by atoms with Crippen molar-refractivity contribution in [3.63, 3.8) is 0 Å². The van der Waals surface area contributed by atoms with E-state index in [2.05, 4.69) is 0 Å². The van der Waals surface area contributed by atoms with Crippen LogP contribution in [0, 0.1) is 0 Å². The van der Waals surface area contributed by atoms with Crippen molar-refractivity contribution in [3.05, 3.63) is 65.7 Å². The molecular weight excluding hydrogens is 307 g/mol. The van der Waals surface area contributed by atoms with Gasteiger partial charge >= 0.3 is 6.18 Å². The van der Waals surface area contributed by atoms with E-state index in [1.807, 2.05) is 6.07 Å². The minimum atomic E-state index is -4.42. The Labute approximate surface area is 131 Å². The van der Waals surface area contributed by atoms with Crippen LogP contribution in [0.4, 0.5) is 13.2 Å². The second-order valence-corrected chi connectivity index (χ2v) is 5.37. The Balaban J connectivity index is 1.87. The molecule has 3 rings (SSSR count). The predicted octanol–water partition coefficient (Wildman–Crippen LogP) is 3.67. The third-order valence-corrected chi connectivity index (χ3v) is 3.86. The van der Waals surface area contributed by atoms with E-state index >= 15 is 0 Å². The molecule has 1 aliphatic heterocycles. The van der Waals surface area contributed by atoms with Gasteiger partial charge in [-0.05, 0) is 29.8 Å². The molecule has 0 spiro atoms. The van der Waals surface area contributed by atoms with Gasteiger partial charge in [0.2, 0.25) is 6.10 Å². The normalized spacial score (nSPS) is 21.0. The van der Waals surface area contributed by atoms with Gasteiger partial charge in [0.15, 0.2) is 0 Å². The van der Waals surface area contributed by atoms with E-state index in [1.54, 1.807) is 37.4 Å². The molecule has 2 atom stereocenters. The van der Waals surface area contributed by atoms with Gasteiger partial charge in [-0.2, -0.15) is 13.2 Å². The van der Waals surface area contributed by atoms with Gasteiger partial charge in [0, 0.05) is 7.05 Å². The van der Waals surface area contributed by atoms with Gasteiger partial charge < -0.3 is 9.64 Å². The number of β-lactam (4-membered cyclic amide) rings is 1. The molecule has 1 amide bonds. The molecule has 0 radical (unpaired) electrons. The molecule has 0 aromatic heterocycles. The summed E-state index contributed by atoms with van der Waals surface area (Å²) in [4.78, 5) is 13.4. The number of likely N-dealkylation sites (N-methyl/N-ethyl adjacent to an activating group) is 1. The smallest absolute Gasteiger partial charge is 0.416 e. The summed E-state index contributed by atoms with van der Waals surface area (Å²) in [6, 6.07) is 13.2. The SMILES string of the molecule is CN1C(=O)[C@H](Oc2ccccc2)[C@@H]1c1cccc(C(F)(F)F)c1. The van der Waals surface area contributed by atoms with E-state index in [1.165, 1.54) is 11.0 Å².